The monoisotopic (exact) mass is 387 g/mol. The van der Waals surface area contributed by atoms with Crippen LogP contribution in [0, 0.1) is 0 Å². The number of amides is 1. The molecule has 2 saturated heterocycles. The first-order valence-corrected chi connectivity index (χ1v) is 10.2. The first kappa shape index (κ1) is 20.5. The number of hydrogen-bond donors (Lipinski definition) is 1. The number of hydrogen-bond acceptors (Lipinski definition) is 4. The van der Waals surface area contributed by atoms with Crippen LogP contribution in [0.4, 0.5) is 0 Å². The van der Waals surface area contributed by atoms with Gasteiger partial charge in [-0.2, -0.15) is 0 Å². The summed E-state index contributed by atoms with van der Waals surface area (Å²) in [5.74, 6) is 2.06. The second kappa shape index (κ2) is 9.78. The summed E-state index contributed by atoms with van der Waals surface area (Å²) in [5, 5.41) is 3.45. The lowest BCUT2D eigenvalue weighted by atomic mass is 10.2. The lowest BCUT2D eigenvalue weighted by Gasteiger charge is -2.39. The number of nitrogens with one attached hydrogen (secondary N) is 1. The van der Waals surface area contributed by atoms with Crippen LogP contribution in [0.25, 0.3) is 0 Å². The molecule has 1 aromatic carbocycles. The van der Waals surface area contributed by atoms with Crippen molar-refractivity contribution >= 4 is 11.9 Å². The van der Waals surface area contributed by atoms with E-state index in [0.717, 1.165) is 70.4 Å². The molecule has 1 amide bonds. The standard InChI is InChI=1S/C21H33N5O2/c1-17(20(27)25-10-4-5-11-25)24-12-14-26(15-13-24)21(22-2)23-16-18-6-8-19(28-3)9-7-18/h6-9,17H,4-5,10-16H2,1-3H3,(H,22,23). The number of aliphatic imine (C=N–C) groups is 1. The molecule has 2 aliphatic rings. The lowest BCUT2D eigenvalue weighted by molar-refractivity contribution is -0.135. The summed E-state index contributed by atoms with van der Waals surface area (Å²) in [6.45, 7) is 8.12. The Kier molecular flexibility index (Phi) is 7.14. The van der Waals surface area contributed by atoms with E-state index >= 15 is 0 Å². The van der Waals surface area contributed by atoms with Crippen molar-refractivity contribution in [3.8, 4) is 5.75 Å². The summed E-state index contributed by atoms with van der Waals surface area (Å²) in [5.41, 5.74) is 1.19. The third-order valence-corrected chi connectivity index (χ3v) is 5.76. The number of nitrogens with zero attached hydrogens (tertiary/aromatic N) is 4. The summed E-state index contributed by atoms with van der Waals surface area (Å²) < 4.78 is 5.21. The number of guanidine groups is 1. The van der Waals surface area contributed by atoms with Gasteiger partial charge in [0.25, 0.3) is 0 Å². The molecule has 2 fully saturated rings. The van der Waals surface area contributed by atoms with Crippen molar-refractivity contribution in [1.29, 1.82) is 0 Å². The molecule has 2 aliphatic heterocycles. The molecular weight excluding hydrogens is 354 g/mol. The van der Waals surface area contributed by atoms with Gasteiger partial charge in [-0.05, 0) is 37.5 Å². The molecule has 7 heteroatoms. The van der Waals surface area contributed by atoms with Crippen LogP contribution in [0.1, 0.15) is 25.3 Å². The van der Waals surface area contributed by atoms with E-state index in [1.54, 1.807) is 7.11 Å². The van der Waals surface area contributed by atoms with Crippen LogP contribution in [0.15, 0.2) is 29.3 Å². The number of benzene rings is 1. The van der Waals surface area contributed by atoms with Crippen LogP contribution < -0.4 is 10.1 Å². The number of piperazine rings is 1. The van der Waals surface area contributed by atoms with Gasteiger partial charge in [0.1, 0.15) is 5.75 Å². The molecule has 154 valence electrons. The van der Waals surface area contributed by atoms with E-state index in [4.69, 9.17) is 4.74 Å². The molecule has 0 spiro atoms. The van der Waals surface area contributed by atoms with Gasteiger partial charge >= 0.3 is 0 Å². The van der Waals surface area contributed by atoms with Gasteiger partial charge in [-0.15, -0.1) is 0 Å². The fourth-order valence-corrected chi connectivity index (χ4v) is 3.94. The van der Waals surface area contributed by atoms with Crippen LogP contribution >= 0.6 is 0 Å². The third kappa shape index (κ3) is 4.95. The van der Waals surface area contributed by atoms with Crippen LogP contribution in [0.5, 0.6) is 5.75 Å². The van der Waals surface area contributed by atoms with Crippen molar-refractivity contribution in [2.45, 2.75) is 32.4 Å². The van der Waals surface area contributed by atoms with Crippen molar-refractivity contribution in [1.82, 2.24) is 20.0 Å². The summed E-state index contributed by atoms with van der Waals surface area (Å²) in [7, 11) is 3.50. The van der Waals surface area contributed by atoms with Gasteiger partial charge in [-0.3, -0.25) is 14.7 Å². The Morgan fingerprint density at radius 1 is 1.07 bits per heavy atom. The normalized spacial score (nSPS) is 19.6. The highest BCUT2D eigenvalue weighted by molar-refractivity contribution is 5.82. The van der Waals surface area contributed by atoms with Gasteiger partial charge in [0, 0.05) is 52.9 Å². The zero-order valence-corrected chi connectivity index (χ0v) is 17.4. The van der Waals surface area contributed by atoms with Gasteiger partial charge in [0.15, 0.2) is 5.96 Å². The molecule has 0 saturated carbocycles. The summed E-state index contributed by atoms with van der Waals surface area (Å²) in [6, 6.07) is 8.02. The Morgan fingerprint density at radius 2 is 1.71 bits per heavy atom. The number of methoxy groups -OCH3 is 1. The molecule has 1 aromatic rings. The highest BCUT2D eigenvalue weighted by Crippen LogP contribution is 2.14. The predicted molar refractivity (Wildman–Crippen MR) is 112 cm³/mol. The first-order valence-electron chi connectivity index (χ1n) is 10.2. The Bertz CT molecular complexity index is 662. The number of carbonyl (C=O) groups excluding carboxylic acids is 1. The second-order valence-corrected chi connectivity index (χ2v) is 7.48. The third-order valence-electron chi connectivity index (χ3n) is 5.76. The van der Waals surface area contributed by atoms with Gasteiger partial charge < -0.3 is 19.9 Å². The minimum Gasteiger partial charge on any atom is -0.497 e. The quantitative estimate of drug-likeness (QED) is 0.611. The largest absolute Gasteiger partial charge is 0.497 e. The van der Waals surface area contributed by atoms with E-state index in [-0.39, 0.29) is 11.9 Å². The smallest absolute Gasteiger partial charge is 0.239 e. The van der Waals surface area contributed by atoms with E-state index in [2.05, 4.69) is 32.2 Å². The van der Waals surface area contributed by atoms with Crippen LogP contribution in [-0.4, -0.2) is 86.0 Å². The van der Waals surface area contributed by atoms with Crippen molar-refractivity contribution in [2.75, 3.05) is 53.4 Å². The molecule has 0 radical (unpaired) electrons. The molecule has 0 aromatic heterocycles. The van der Waals surface area contributed by atoms with Crippen LogP contribution in [-0.2, 0) is 11.3 Å². The fraction of sp³-hybridized carbons (Fsp3) is 0.619. The molecule has 0 bridgehead atoms. The SMILES string of the molecule is CN=C(NCc1ccc(OC)cc1)N1CCN(C(C)C(=O)N2CCCC2)CC1. The first-order chi connectivity index (χ1) is 13.6. The maximum Gasteiger partial charge on any atom is 0.239 e. The number of ether oxygens (including phenoxy) is 1. The van der Waals surface area contributed by atoms with E-state index in [1.807, 2.05) is 31.0 Å². The molecule has 1 atom stereocenters. The highest BCUT2D eigenvalue weighted by Gasteiger charge is 2.30. The molecule has 3 rings (SSSR count). The molecule has 28 heavy (non-hydrogen) atoms. The van der Waals surface area contributed by atoms with Gasteiger partial charge in [0.2, 0.25) is 5.91 Å². The van der Waals surface area contributed by atoms with Crippen molar-refractivity contribution in [3.63, 3.8) is 0 Å². The topological polar surface area (TPSA) is 60.4 Å². The number of likely N-dealkylation sites (tertiary alicyclic amines) is 1. The Hall–Kier alpha value is -2.28. The molecule has 1 unspecified atom stereocenters. The van der Waals surface area contributed by atoms with E-state index in [1.165, 1.54) is 5.56 Å². The minimum absolute atomic E-state index is 0.0328. The molecule has 2 heterocycles. The van der Waals surface area contributed by atoms with Crippen molar-refractivity contribution in [2.24, 2.45) is 4.99 Å². The van der Waals surface area contributed by atoms with Crippen LogP contribution in [0.2, 0.25) is 0 Å². The van der Waals surface area contributed by atoms with Gasteiger partial charge in [-0.1, -0.05) is 12.1 Å². The van der Waals surface area contributed by atoms with Crippen molar-refractivity contribution in [3.05, 3.63) is 29.8 Å². The maximum absolute atomic E-state index is 12.6. The number of rotatable bonds is 5. The van der Waals surface area contributed by atoms with E-state index in [9.17, 15) is 4.79 Å². The van der Waals surface area contributed by atoms with Gasteiger partial charge in [0.05, 0.1) is 13.2 Å². The summed E-state index contributed by atoms with van der Waals surface area (Å²) >= 11 is 0. The average Bonchev–Trinajstić information content (AvgIpc) is 3.29. The zero-order valence-electron chi connectivity index (χ0n) is 17.4. The molecule has 1 N–H and O–H groups in total. The minimum atomic E-state index is -0.0328. The Labute approximate surface area is 168 Å². The predicted octanol–water partition coefficient (Wildman–Crippen LogP) is 1.40. The number of carbonyl (C=O) groups is 1. The highest BCUT2D eigenvalue weighted by atomic mass is 16.5. The second-order valence-electron chi connectivity index (χ2n) is 7.48. The average molecular weight is 388 g/mol. The zero-order chi connectivity index (χ0) is 19.9. The van der Waals surface area contributed by atoms with E-state index < -0.39 is 0 Å². The maximum atomic E-state index is 12.6. The van der Waals surface area contributed by atoms with E-state index in [0.29, 0.717) is 0 Å². The molecule has 0 aliphatic carbocycles. The van der Waals surface area contributed by atoms with Crippen molar-refractivity contribution < 1.29 is 9.53 Å². The van der Waals surface area contributed by atoms with Crippen LogP contribution in [0.3, 0.4) is 0 Å². The molecular formula is C21H33N5O2. The molecule has 7 nitrogen and oxygen atoms in total. The summed E-state index contributed by atoms with van der Waals surface area (Å²) in [6.07, 6.45) is 2.28. The Balaban J connectivity index is 1.47. The summed E-state index contributed by atoms with van der Waals surface area (Å²) in [4.78, 5) is 23.7. The fourth-order valence-electron chi connectivity index (χ4n) is 3.94. The Morgan fingerprint density at radius 3 is 2.29 bits per heavy atom. The van der Waals surface area contributed by atoms with Gasteiger partial charge in [-0.25, -0.2) is 0 Å². The lowest BCUT2D eigenvalue weighted by Crippen LogP contribution is -2.57.